The van der Waals surface area contributed by atoms with Gasteiger partial charge in [0.15, 0.2) is 0 Å². The summed E-state index contributed by atoms with van der Waals surface area (Å²) in [5.41, 5.74) is 1.69. The zero-order valence-electron chi connectivity index (χ0n) is 16.2. The van der Waals surface area contributed by atoms with Crippen molar-refractivity contribution in [3.63, 3.8) is 0 Å². The molecule has 0 saturated heterocycles. The fraction of sp³-hybridized carbons (Fsp3) is 0.300. The van der Waals surface area contributed by atoms with Crippen LogP contribution in [0.5, 0.6) is 0 Å². The molecule has 0 aromatic heterocycles. The highest BCUT2D eigenvalue weighted by molar-refractivity contribution is 8.02. The van der Waals surface area contributed by atoms with Gasteiger partial charge in [-0.15, -0.1) is 11.8 Å². The summed E-state index contributed by atoms with van der Waals surface area (Å²) in [6.07, 6.45) is 1.88. The highest BCUT2D eigenvalue weighted by atomic mass is 35.5. The fourth-order valence-corrected chi connectivity index (χ4v) is 4.76. The quantitative estimate of drug-likeness (QED) is 0.263. The second kappa shape index (κ2) is 8.99. The number of carbonyl (C=O) groups is 1. The number of rotatable bonds is 4. The van der Waals surface area contributed by atoms with Gasteiger partial charge in [-0.1, -0.05) is 35.3 Å². The van der Waals surface area contributed by atoms with Gasteiger partial charge in [-0.25, -0.2) is 4.79 Å². The van der Waals surface area contributed by atoms with Crippen LogP contribution in [0.4, 0.5) is 0 Å². The molecule has 8 heteroatoms. The third-order valence-electron chi connectivity index (χ3n) is 3.98. The average molecular weight is 458 g/mol. The Morgan fingerprint density at radius 3 is 2.36 bits per heavy atom. The van der Waals surface area contributed by atoms with Crippen molar-refractivity contribution in [1.29, 1.82) is 5.41 Å². The molecule has 1 unspecified atom stereocenters. The van der Waals surface area contributed by atoms with Crippen molar-refractivity contribution in [2.75, 3.05) is 13.4 Å². The number of halogens is 2. The van der Waals surface area contributed by atoms with Crippen LogP contribution >= 0.6 is 35.0 Å². The molecule has 0 spiro atoms. The van der Waals surface area contributed by atoms with E-state index in [0.717, 1.165) is 4.90 Å². The van der Waals surface area contributed by atoms with E-state index >= 15 is 0 Å². The van der Waals surface area contributed by atoms with Crippen LogP contribution in [0.2, 0.25) is 10.0 Å². The summed E-state index contributed by atoms with van der Waals surface area (Å²) >= 11 is 14.1. The molecular formula is C20H21Cl2NO3S2. The number of benzene rings is 2. The van der Waals surface area contributed by atoms with E-state index < -0.39 is 21.5 Å². The Balaban J connectivity index is 2.90. The van der Waals surface area contributed by atoms with E-state index in [4.69, 9.17) is 33.3 Å². The molecule has 2 aromatic carbocycles. The van der Waals surface area contributed by atoms with E-state index in [1.165, 1.54) is 18.9 Å². The van der Waals surface area contributed by atoms with Crippen molar-refractivity contribution in [1.82, 2.24) is 0 Å². The lowest BCUT2D eigenvalue weighted by molar-refractivity contribution is 0.0601. The summed E-state index contributed by atoms with van der Waals surface area (Å²) in [5, 5.41) is 8.85. The first kappa shape index (κ1) is 22.9. The van der Waals surface area contributed by atoms with Crippen LogP contribution in [0, 0.1) is 5.41 Å². The molecule has 0 bridgehead atoms. The molecule has 1 N–H and O–H groups in total. The number of nitrogens with one attached hydrogen (secondary N) is 1. The first-order valence-corrected chi connectivity index (χ1v) is 11.4. The van der Waals surface area contributed by atoms with E-state index in [2.05, 4.69) is 0 Å². The average Bonchev–Trinajstić information content (AvgIpc) is 2.66. The second-order valence-corrected chi connectivity index (χ2v) is 10.7. The molecule has 0 amide bonds. The van der Waals surface area contributed by atoms with Crippen molar-refractivity contribution in [2.45, 2.75) is 30.4 Å². The van der Waals surface area contributed by atoms with Gasteiger partial charge < -0.3 is 4.74 Å². The fourth-order valence-electron chi connectivity index (χ4n) is 2.64. The summed E-state index contributed by atoms with van der Waals surface area (Å²) in [4.78, 5) is 13.2. The summed E-state index contributed by atoms with van der Waals surface area (Å²) in [5.74, 6) is -0.508. The zero-order chi connectivity index (χ0) is 21.2. The minimum atomic E-state index is -1.65. The largest absolute Gasteiger partial charge is 0.465 e. The normalized spacial score (nSPS) is 12.5. The Morgan fingerprint density at radius 2 is 1.82 bits per heavy atom. The minimum absolute atomic E-state index is 0.133. The van der Waals surface area contributed by atoms with Gasteiger partial charge in [0.1, 0.15) is 5.04 Å². The summed E-state index contributed by atoms with van der Waals surface area (Å²) in [7, 11) is -0.336. The van der Waals surface area contributed by atoms with Crippen LogP contribution in [-0.4, -0.2) is 33.3 Å². The Morgan fingerprint density at radius 1 is 1.18 bits per heavy atom. The number of carbonyl (C=O) groups excluding carboxylic acids is 1. The Kier molecular flexibility index (Phi) is 7.37. The number of thioether (sulfide) groups is 1. The zero-order valence-corrected chi connectivity index (χ0v) is 19.3. The molecule has 2 aromatic rings. The molecule has 0 aliphatic rings. The summed E-state index contributed by atoms with van der Waals surface area (Å²) < 4.78 is 17.2. The van der Waals surface area contributed by atoms with Gasteiger partial charge in [0.2, 0.25) is 0 Å². The van der Waals surface area contributed by atoms with E-state index in [-0.39, 0.29) is 20.7 Å². The number of ether oxygens (including phenoxy) is 1. The maximum absolute atomic E-state index is 12.9. The lowest BCUT2D eigenvalue weighted by Gasteiger charge is -2.22. The Bertz CT molecular complexity index is 969. The van der Waals surface area contributed by atoms with Gasteiger partial charge in [0.25, 0.3) is 0 Å². The van der Waals surface area contributed by atoms with Gasteiger partial charge in [0, 0.05) is 20.8 Å². The van der Waals surface area contributed by atoms with Gasteiger partial charge >= 0.3 is 5.97 Å². The van der Waals surface area contributed by atoms with Gasteiger partial charge in [-0.05, 0) is 50.8 Å². The maximum Gasteiger partial charge on any atom is 0.338 e. The predicted molar refractivity (Wildman–Crippen MR) is 120 cm³/mol. The SMILES string of the molecule is COC(=O)c1cccc(SC)c1-c1ccc(Cl)c(Cl)c1C(=N)S(=O)C(C)(C)C. The molecule has 0 aliphatic carbocycles. The van der Waals surface area contributed by atoms with Gasteiger partial charge in [-0.2, -0.15) is 0 Å². The lowest BCUT2D eigenvalue weighted by atomic mass is 9.95. The smallest absolute Gasteiger partial charge is 0.338 e. The molecule has 0 radical (unpaired) electrons. The van der Waals surface area contributed by atoms with Crippen molar-refractivity contribution >= 4 is 56.8 Å². The van der Waals surface area contributed by atoms with Crippen LogP contribution in [0.15, 0.2) is 35.2 Å². The number of methoxy groups -OCH3 is 1. The van der Waals surface area contributed by atoms with Crippen LogP contribution in [0.3, 0.4) is 0 Å². The second-order valence-electron chi connectivity index (χ2n) is 6.87. The third-order valence-corrected chi connectivity index (χ3v) is 7.26. The van der Waals surface area contributed by atoms with Crippen molar-refractivity contribution in [2.24, 2.45) is 0 Å². The maximum atomic E-state index is 12.9. The van der Waals surface area contributed by atoms with Crippen molar-refractivity contribution in [3.8, 4) is 11.1 Å². The molecule has 0 aliphatic heterocycles. The Hall–Kier alpha value is -1.34. The number of hydrogen-bond donors (Lipinski definition) is 1. The van der Waals surface area contributed by atoms with E-state index in [9.17, 15) is 9.00 Å². The van der Waals surface area contributed by atoms with E-state index in [0.29, 0.717) is 16.7 Å². The topological polar surface area (TPSA) is 67.2 Å². The first-order valence-electron chi connectivity index (χ1n) is 8.29. The van der Waals surface area contributed by atoms with E-state index in [1.807, 2.05) is 12.3 Å². The molecule has 0 fully saturated rings. The molecule has 0 heterocycles. The summed E-state index contributed by atoms with van der Waals surface area (Å²) in [6, 6.07) is 8.58. The molecular weight excluding hydrogens is 437 g/mol. The lowest BCUT2D eigenvalue weighted by Crippen LogP contribution is -2.28. The molecule has 28 heavy (non-hydrogen) atoms. The number of hydrogen-bond acceptors (Lipinski definition) is 5. The van der Waals surface area contributed by atoms with Crippen LogP contribution in [0.1, 0.15) is 36.7 Å². The first-order chi connectivity index (χ1) is 13.0. The highest BCUT2D eigenvalue weighted by Crippen LogP contribution is 2.41. The van der Waals surface area contributed by atoms with Crippen LogP contribution < -0.4 is 0 Å². The number of esters is 1. The van der Waals surface area contributed by atoms with E-state index in [1.54, 1.807) is 45.0 Å². The van der Waals surface area contributed by atoms with Crippen molar-refractivity contribution in [3.05, 3.63) is 51.5 Å². The minimum Gasteiger partial charge on any atom is -0.465 e. The standard InChI is InChI=1S/C20H21Cl2NO3S2/c1-20(2,3)28(25)18(23)16-11(9-10-13(21)17(16)22)15-12(19(24)26-4)7-6-8-14(15)27-5/h6-10,23H,1-5H3. The molecule has 0 saturated carbocycles. The van der Waals surface area contributed by atoms with Crippen LogP contribution in [-0.2, 0) is 15.5 Å². The highest BCUT2D eigenvalue weighted by Gasteiger charge is 2.30. The molecule has 150 valence electrons. The van der Waals surface area contributed by atoms with Crippen molar-refractivity contribution < 1.29 is 13.7 Å². The third kappa shape index (κ3) is 4.46. The Labute approximate surface area is 181 Å². The molecule has 2 rings (SSSR count). The summed E-state index contributed by atoms with van der Waals surface area (Å²) in [6.45, 7) is 5.35. The molecule has 4 nitrogen and oxygen atoms in total. The molecule has 1 atom stereocenters. The van der Waals surface area contributed by atoms with Gasteiger partial charge in [-0.3, -0.25) is 9.62 Å². The monoisotopic (exact) mass is 457 g/mol. The predicted octanol–water partition coefficient (Wildman–Crippen LogP) is 6.04. The van der Waals surface area contributed by atoms with Crippen LogP contribution in [0.25, 0.3) is 11.1 Å². The van der Waals surface area contributed by atoms with Gasteiger partial charge in [0.05, 0.1) is 33.5 Å².